The lowest BCUT2D eigenvalue weighted by Crippen LogP contribution is -2.35. The summed E-state index contributed by atoms with van der Waals surface area (Å²) in [5.74, 6) is 4.26. The van der Waals surface area contributed by atoms with Crippen LogP contribution in [0.5, 0.6) is 11.5 Å². The summed E-state index contributed by atoms with van der Waals surface area (Å²) in [5.41, 5.74) is 0. The Bertz CT molecular complexity index is 740. The molecule has 0 radical (unpaired) electrons. The summed E-state index contributed by atoms with van der Waals surface area (Å²) in [5, 5.41) is 0. The molecule has 0 spiro atoms. The summed E-state index contributed by atoms with van der Waals surface area (Å²) < 4.78 is 34.3. The molecule has 0 N–H and O–H groups in total. The Morgan fingerprint density at radius 3 is 2.03 bits per heavy atom. The van der Waals surface area contributed by atoms with E-state index in [2.05, 4.69) is 17.4 Å². The van der Waals surface area contributed by atoms with Crippen LogP contribution in [-0.2, 0) is 4.79 Å². The highest BCUT2D eigenvalue weighted by Crippen LogP contribution is 2.49. The van der Waals surface area contributed by atoms with Crippen LogP contribution in [0.25, 0.3) is 0 Å². The SMILES string of the molecule is C=CC1CCC2CC(C3CCC(C(=O)Oc4ccc(OC(F)F)cc4)CC3)CCC2C1. The van der Waals surface area contributed by atoms with Crippen molar-refractivity contribution in [3.05, 3.63) is 36.9 Å². The van der Waals surface area contributed by atoms with Gasteiger partial charge >= 0.3 is 12.6 Å². The minimum Gasteiger partial charge on any atom is -0.435 e. The van der Waals surface area contributed by atoms with Crippen molar-refractivity contribution in [3.63, 3.8) is 0 Å². The number of hydrogen-bond donors (Lipinski definition) is 0. The van der Waals surface area contributed by atoms with E-state index in [-0.39, 0.29) is 17.6 Å². The molecule has 0 aromatic heterocycles. The first-order valence-electron chi connectivity index (χ1n) is 11.9. The topological polar surface area (TPSA) is 35.5 Å². The fourth-order valence-corrected chi connectivity index (χ4v) is 6.32. The van der Waals surface area contributed by atoms with Crippen LogP contribution in [0, 0.1) is 35.5 Å². The molecule has 0 aliphatic heterocycles. The molecule has 4 rings (SSSR count). The summed E-state index contributed by atoms with van der Waals surface area (Å²) in [6.07, 6.45) is 14.3. The van der Waals surface area contributed by atoms with Crippen LogP contribution < -0.4 is 9.47 Å². The molecule has 3 nitrogen and oxygen atoms in total. The van der Waals surface area contributed by atoms with Crippen molar-refractivity contribution in [2.75, 3.05) is 0 Å². The predicted octanol–water partition coefficient (Wildman–Crippen LogP) is 7.02. The van der Waals surface area contributed by atoms with Gasteiger partial charge in [0.25, 0.3) is 0 Å². The van der Waals surface area contributed by atoms with Gasteiger partial charge in [-0.15, -0.1) is 6.58 Å². The summed E-state index contributed by atoms with van der Waals surface area (Å²) >= 11 is 0. The number of hydrogen-bond acceptors (Lipinski definition) is 3. The van der Waals surface area contributed by atoms with Crippen molar-refractivity contribution in [1.82, 2.24) is 0 Å². The Hall–Kier alpha value is -1.91. The van der Waals surface area contributed by atoms with Gasteiger partial charge in [-0.1, -0.05) is 6.08 Å². The molecule has 3 aliphatic rings. The molecule has 31 heavy (non-hydrogen) atoms. The Labute approximate surface area is 184 Å². The van der Waals surface area contributed by atoms with Crippen molar-refractivity contribution in [2.45, 2.75) is 70.8 Å². The Morgan fingerprint density at radius 1 is 0.839 bits per heavy atom. The average Bonchev–Trinajstić information content (AvgIpc) is 2.79. The van der Waals surface area contributed by atoms with E-state index in [1.165, 1.54) is 62.8 Å². The molecule has 0 heterocycles. The number of fused-ring (bicyclic) bond motifs is 1. The Kier molecular flexibility index (Phi) is 7.29. The number of allylic oxidation sites excluding steroid dienone is 1. The number of carbonyl (C=O) groups is 1. The molecular formula is C26H34F2O3. The van der Waals surface area contributed by atoms with E-state index >= 15 is 0 Å². The van der Waals surface area contributed by atoms with Gasteiger partial charge in [-0.05, 0) is 118 Å². The summed E-state index contributed by atoms with van der Waals surface area (Å²) in [6, 6.07) is 5.79. The molecule has 5 heteroatoms. The Morgan fingerprint density at radius 2 is 1.39 bits per heavy atom. The second-order valence-corrected chi connectivity index (χ2v) is 9.78. The third kappa shape index (κ3) is 5.67. The van der Waals surface area contributed by atoms with Crippen molar-refractivity contribution in [2.24, 2.45) is 35.5 Å². The highest BCUT2D eigenvalue weighted by atomic mass is 19.3. The van der Waals surface area contributed by atoms with E-state index in [1.807, 2.05) is 0 Å². The van der Waals surface area contributed by atoms with Crippen molar-refractivity contribution in [1.29, 1.82) is 0 Å². The van der Waals surface area contributed by atoms with E-state index in [9.17, 15) is 13.6 Å². The van der Waals surface area contributed by atoms with Gasteiger partial charge in [0, 0.05) is 0 Å². The minimum atomic E-state index is -2.86. The minimum absolute atomic E-state index is 0.0583. The zero-order valence-corrected chi connectivity index (χ0v) is 18.2. The molecule has 3 fully saturated rings. The number of alkyl halides is 2. The largest absolute Gasteiger partial charge is 0.435 e. The molecule has 0 amide bonds. The highest BCUT2D eigenvalue weighted by Gasteiger charge is 2.39. The maximum atomic E-state index is 12.6. The molecule has 0 saturated heterocycles. The zero-order valence-electron chi connectivity index (χ0n) is 18.2. The van der Waals surface area contributed by atoms with Crippen LogP contribution in [0.4, 0.5) is 8.78 Å². The van der Waals surface area contributed by atoms with E-state index in [4.69, 9.17) is 4.74 Å². The molecule has 3 saturated carbocycles. The molecule has 4 atom stereocenters. The van der Waals surface area contributed by atoms with E-state index < -0.39 is 6.61 Å². The van der Waals surface area contributed by atoms with Gasteiger partial charge < -0.3 is 9.47 Å². The normalized spacial score (nSPS) is 33.4. The number of halogens is 2. The first kappa shape index (κ1) is 22.3. The first-order valence-corrected chi connectivity index (χ1v) is 11.9. The van der Waals surface area contributed by atoms with Crippen LogP contribution in [0.2, 0.25) is 0 Å². The van der Waals surface area contributed by atoms with E-state index in [0.717, 1.165) is 55.3 Å². The summed E-state index contributed by atoms with van der Waals surface area (Å²) in [4.78, 5) is 12.6. The average molecular weight is 433 g/mol. The molecule has 1 aromatic carbocycles. The fourth-order valence-electron chi connectivity index (χ4n) is 6.32. The highest BCUT2D eigenvalue weighted by molar-refractivity contribution is 5.75. The number of esters is 1. The number of carbonyl (C=O) groups excluding carboxylic acids is 1. The van der Waals surface area contributed by atoms with E-state index in [1.54, 1.807) is 0 Å². The van der Waals surface area contributed by atoms with E-state index in [0.29, 0.717) is 5.75 Å². The molecule has 4 unspecified atom stereocenters. The van der Waals surface area contributed by atoms with Gasteiger partial charge in [0.1, 0.15) is 11.5 Å². The second kappa shape index (κ2) is 10.1. The second-order valence-electron chi connectivity index (χ2n) is 9.78. The summed E-state index contributed by atoms with van der Waals surface area (Å²) in [7, 11) is 0. The van der Waals surface area contributed by atoms with Crippen molar-refractivity contribution < 1.29 is 23.0 Å². The zero-order chi connectivity index (χ0) is 21.8. The van der Waals surface area contributed by atoms with Crippen molar-refractivity contribution >= 4 is 5.97 Å². The number of rotatable bonds is 6. The lowest BCUT2D eigenvalue weighted by Gasteiger charge is -2.45. The first-order chi connectivity index (χ1) is 15.0. The lowest BCUT2D eigenvalue weighted by atomic mass is 9.61. The molecule has 1 aromatic rings. The van der Waals surface area contributed by atoms with Crippen LogP contribution in [-0.4, -0.2) is 12.6 Å². The van der Waals surface area contributed by atoms with Gasteiger partial charge in [-0.25, -0.2) is 0 Å². The third-order valence-electron chi connectivity index (χ3n) is 8.07. The standard InChI is InChI=1S/C26H34F2O3/c1-2-17-3-4-22-16-21(10-9-20(22)15-17)18-5-7-19(8-6-18)25(29)30-23-11-13-24(14-12-23)31-26(27)28/h2,11-14,17-22,26H,1,3-10,15-16H2. The Balaban J connectivity index is 1.22. The molecule has 0 bridgehead atoms. The van der Waals surface area contributed by atoms with Gasteiger partial charge in [0.2, 0.25) is 0 Å². The smallest absolute Gasteiger partial charge is 0.387 e. The fraction of sp³-hybridized carbons (Fsp3) is 0.654. The summed E-state index contributed by atoms with van der Waals surface area (Å²) in [6.45, 7) is 1.14. The molecule has 3 aliphatic carbocycles. The number of benzene rings is 1. The maximum Gasteiger partial charge on any atom is 0.387 e. The monoisotopic (exact) mass is 432 g/mol. The van der Waals surface area contributed by atoms with Crippen LogP contribution in [0.1, 0.15) is 64.2 Å². The van der Waals surface area contributed by atoms with Gasteiger partial charge in [-0.3, -0.25) is 4.79 Å². The van der Waals surface area contributed by atoms with Gasteiger partial charge in [0.15, 0.2) is 0 Å². The third-order valence-corrected chi connectivity index (χ3v) is 8.07. The quantitative estimate of drug-likeness (QED) is 0.275. The van der Waals surface area contributed by atoms with Crippen LogP contribution in [0.15, 0.2) is 36.9 Å². The predicted molar refractivity (Wildman–Crippen MR) is 116 cm³/mol. The van der Waals surface area contributed by atoms with Crippen LogP contribution in [0.3, 0.4) is 0 Å². The molecule has 170 valence electrons. The van der Waals surface area contributed by atoms with Crippen LogP contribution >= 0.6 is 0 Å². The van der Waals surface area contributed by atoms with Crippen molar-refractivity contribution in [3.8, 4) is 11.5 Å². The number of ether oxygens (including phenoxy) is 2. The maximum absolute atomic E-state index is 12.6. The van der Waals surface area contributed by atoms with Gasteiger partial charge in [0.05, 0.1) is 5.92 Å². The van der Waals surface area contributed by atoms with Gasteiger partial charge in [-0.2, -0.15) is 8.78 Å². The lowest BCUT2D eigenvalue weighted by molar-refractivity contribution is -0.140. The molecular weight excluding hydrogens is 398 g/mol.